The third-order valence-electron chi connectivity index (χ3n) is 3.42. The van der Waals surface area contributed by atoms with Gasteiger partial charge in [0, 0.05) is 3.57 Å². The summed E-state index contributed by atoms with van der Waals surface area (Å²) in [6.45, 7) is -1.11. The van der Waals surface area contributed by atoms with Gasteiger partial charge in [-0.2, -0.15) is 0 Å². The van der Waals surface area contributed by atoms with Gasteiger partial charge in [0.2, 0.25) is 0 Å². The van der Waals surface area contributed by atoms with Gasteiger partial charge < -0.3 is 25.1 Å². The van der Waals surface area contributed by atoms with Crippen LogP contribution in [0, 0.1) is 21.0 Å². The van der Waals surface area contributed by atoms with E-state index in [1.165, 1.54) is 12.1 Å². The number of hydrogen-bond acceptors (Lipinski definition) is 7. The zero-order valence-electron chi connectivity index (χ0n) is 14.9. The van der Waals surface area contributed by atoms with Crippen molar-refractivity contribution in [2.75, 3.05) is 18.5 Å². The van der Waals surface area contributed by atoms with Gasteiger partial charge in [-0.15, -0.1) is 0 Å². The number of anilines is 2. The largest absolute Gasteiger partial charge is 0.477 e. The minimum atomic E-state index is -1.42. The minimum absolute atomic E-state index is 0.196. The molecular weight excluding hydrogens is 524 g/mol. The lowest BCUT2D eigenvalue weighted by Crippen LogP contribution is -2.23. The highest BCUT2D eigenvalue weighted by atomic mass is 127. The zero-order chi connectivity index (χ0) is 22.3. The smallest absolute Gasteiger partial charge is 0.350 e. The Morgan fingerprint density at radius 1 is 1.17 bits per heavy atom. The number of rotatable bonds is 9. The maximum absolute atomic E-state index is 14.3. The fraction of sp³-hybridized carbons (Fsp3) is 0.167. The molecule has 0 saturated carbocycles. The Morgan fingerprint density at radius 2 is 1.90 bits per heavy atom. The molecule has 0 aromatic heterocycles. The van der Waals surface area contributed by atoms with E-state index in [0.717, 1.165) is 12.1 Å². The van der Waals surface area contributed by atoms with Crippen LogP contribution in [0.1, 0.15) is 10.4 Å². The van der Waals surface area contributed by atoms with Crippen molar-refractivity contribution in [3.8, 4) is 0 Å². The number of carboxylic acids is 1. The number of carbonyl (C=O) groups excluding carboxylic acids is 1. The van der Waals surface area contributed by atoms with Gasteiger partial charge in [0.1, 0.15) is 25.1 Å². The lowest BCUT2D eigenvalue weighted by atomic mass is 10.1. The van der Waals surface area contributed by atoms with Crippen molar-refractivity contribution in [2.24, 2.45) is 5.16 Å². The molecule has 0 aliphatic rings. The number of nitrogens with zero attached hydrogens (tertiary/aromatic N) is 1. The molecule has 0 aliphatic carbocycles. The zero-order valence-corrected chi connectivity index (χ0v) is 17.1. The molecule has 160 valence electrons. The SMILES string of the molecule is O=C(O)/C=N/OCC(O)COC(=O)c1ccc(F)c(F)c1Nc1ccc(I)cc1F. The van der Waals surface area contributed by atoms with Gasteiger partial charge in [-0.25, -0.2) is 22.8 Å². The summed E-state index contributed by atoms with van der Waals surface area (Å²) >= 11 is 1.87. The number of halogens is 4. The molecule has 2 rings (SSSR count). The van der Waals surface area contributed by atoms with Gasteiger partial charge in [0.15, 0.2) is 17.8 Å². The van der Waals surface area contributed by atoms with Crippen LogP contribution < -0.4 is 5.32 Å². The number of aliphatic carboxylic acids is 1. The van der Waals surface area contributed by atoms with Crippen LogP contribution in [0.3, 0.4) is 0 Å². The molecule has 1 atom stereocenters. The highest BCUT2D eigenvalue weighted by molar-refractivity contribution is 14.1. The third-order valence-corrected chi connectivity index (χ3v) is 4.09. The Kier molecular flexibility index (Phi) is 8.41. The molecule has 0 spiro atoms. The molecule has 0 bridgehead atoms. The summed E-state index contributed by atoms with van der Waals surface area (Å²) in [5, 5.41) is 23.4. The number of aliphatic hydroxyl groups excluding tert-OH is 1. The predicted octanol–water partition coefficient (Wildman–Crippen LogP) is 3.06. The van der Waals surface area contributed by atoms with E-state index in [9.17, 15) is 27.9 Å². The number of hydrogen-bond donors (Lipinski definition) is 3. The quantitative estimate of drug-likeness (QED) is 0.195. The molecule has 0 saturated heterocycles. The Hall–Kier alpha value is -2.87. The normalized spacial score (nSPS) is 11.9. The summed E-state index contributed by atoms with van der Waals surface area (Å²) in [6.07, 6.45) is -0.933. The van der Waals surface area contributed by atoms with Crippen molar-refractivity contribution in [1.29, 1.82) is 0 Å². The maximum Gasteiger partial charge on any atom is 0.350 e. The van der Waals surface area contributed by atoms with Crippen LogP contribution in [0.5, 0.6) is 0 Å². The average molecular weight is 538 g/mol. The average Bonchev–Trinajstić information content (AvgIpc) is 2.68. The van der Waals surface area contributed by atoms with Crippen molar-refractivity contribution in [3.63, 3.8) is 0 Å². The van der Waals surface area contributed by atoms with E-state index < -0.39 is 60.0 Å². The fourth-order valence-corrected chi connectivity index (χ4v) is 2.53. The standard InChI is InChI=1S/C18H14F3IN2O6/c19-12-3-2-11(18(28)29-7-10(25)8-30-23-6-15(26)27)17(16(12)21)24-14-4-1-9(22)5-13(14)20/h1-6,10,24-25H,7-8H2,(H,26,27)/b23-6+. The predicted molar refractivity (Wildman–Crippen MR) is 107 cm³/mol. The molecular formula is C18H14F3IN2O6. The summed E-state index contributed by atoms with van der Waals surface area (Å²) in [4.78, 5) is 27.0. The number of oxime groups is 1. The Bertz CT molecular complexity index is 973. The van der Waals surface area contributed by atoms with Crippen LogP contribution in [-0.4, -0.2) is 47.7 Å². The molecule has 8 nitrogen and oxygen atoms in total. The number of aliphatic hydroxyl groups is 1. The summed E-state index contributed by atoms with van der Waals surface area (Å²) in [5.74, 6) is -5.94. The highest BCUT2D eigenvalue weighted by Gasteiger charge is 2.22. The van der Waals surface area contributed by atoms with Gasteiger partial charge in [-0.1, -0.05) is 5.16 Å². The third kappa shape index (κ3) is 6.59. The van der Waals surface area contributed by atoms with Crippen molar-refractivity contribution in [2.45, 2.75) is 6.10 Å². The maximum atomic E-state index is 14.3. The molecule has 2 aromatic rings. The van der Waals surface area contributed by atoms with Crippen LogP contribution in [0.25, 0.3) is 0 Å². The Morgan fingerprint density at radius 3 is 2.57 bits per heavy atom. The van der Waals surface area contributed by atoms with Crippen molar-refractivity contribution in [1.82, 2.24) is 0 Å². The second kappa shape index (κ2) is 10.8. The fourth-order valence-electron chi connectivity index (χ4n) is 2.08. The number of benzene rings is 2. The van der Waals surface area contributed by atoms with Gasteiger partial charge in [-0.3, -0.25) is 0 Å². The Balaban J connectivity index is 2.12. The molecule has 0 radical (unpaired) electrons. The van der Waals surface area contributed by atoms with Gasteiger partial charge in [0.05, 0.1) is 16.9 Å². The molecule has 0 fully saturated rings. The topological polar surface area (TPSA) is 117 Å². The van der Waals surface area contributed by atoms with E-state index in [1.54, 1.807) is 0 Å². The van der Waals surface area contributed by atoms with Crippen molar-refractivity contribution < 1.29 is 42.5 Å². The molecule has 30 heavy (non-hydrogen) atoms. The summed E-state index contributed by atoms with van der Waals surface area (Å²) < 4.78 is 47.4. The van der Waals surface area contributed by atoms with Gasteiger partial charge >= 0.3 is 11.9 Å². The van der Waals surface area contributed by atoms with Crippen molar-refractivity contribution >= 4 is 52.1 Å². The monoisotopic (exact) mass is 538 g/mol. The number of carboxylic acid groups (broad SMARTS) is 1. The first kappa shape index (κ1) is 23.4. The van der Waals surface area contributed by atoms with E-state index in [4.69, 9.17) is 9.84 Å². The summed E-state index contributed by atoms with van der Waals surface area (Å²) in [6, 6.07) is 5.59. The molecule has 0 heterocycles. The van der Waals surface area contributed by atoms with Gasteiger partial charge in [0.25, 0.3) is 0 Å². The molecule has 3 N–H and O–H groups in total. The van der Waals surface area contributed by atoms with Crippen LogP contribution in [0.15, 0.2) is 35.5 Å². The van der Waals surface area contributed by atoms with Gasteiger partial charge in [-0.05, 0) is 52.9 Å². The molecule has 2 aromatic carbocycles. The van der Waals surface area contributed by atoms with Crippen LogP contribution in [-0.2, 0) is 14.4 Å². The van der Waals surface area contributed by atoms with E-state index in [2.05, 4.69) is 15.3 Å². The molecule has 1 unspecified atom stereocenters. The lowest BCUT2D eigenvalue weighted by molar-refractivity contribution is -0.129. The van der Waals surface area contributed by atoms with E-state index in [-0.39, 0.29) is 5.69 Å². The first-order valence-electron chi connectivity index (χ1n) is 8.12. The number of esters is 1. The van der Waals surface area contributed by atoms with E-state index >= 15 is 0 Å². The summed E-state index contributed by atoms with van der Waals surface area (Å²) in [7, 11) is 0. The van der Waals surface area contributed by atoms with Crippen LogP contribution in [0.4, 0.5) is 24.5 Å². The highest BCUT2D eigenvalue weighted by Crippen LogP contribution is 2.29. The lowest BCUT2D eigenvalue weighted by Gasteiger charge is -2.15. The first-order chi connectivity index (χ1) is 14.2. The number of carbonyl (C=O) groups is 2. The van der Waals surface area contributed by atoms with Crippen molar-refractivity contribution in [3.05, 3.63) is 56.9 Å². The van der Waals surface area contributed by atoms with E-state index in [0.29, 0.717) is 15.9 Å². The van der Waals surface area contributed by atoms with Crippen LogP contribution >= 0.6 is 22.6 Å². The molecule has 0 amide bonds. The summed E-state index contributed by atoms with van der Waals surface area (Å²) in [5.41, 5.74) is -1.28. The molecule has 0 aliphatic heterocycles. The first-order valence-corrected chi connectivity index (χ1v) is 9.20. The molecule has 12 heteroatoms. The van der Waals surface area contributed by atoms with E-state index in [1.807, 2.05) is 22.6 Å². The second-order valence-electron chi connectivity index (χ2n) is 5.65. The number of nitrogens with one attached hydrogen (secondary N) is 1. The second-order valence-corrected chi connectivity index (χ2v) is 6.90. The number of ether oxygens (including phenoxy) is 1. The minimum Gasteiger partial charge on any atom is -0.477 e. The van der Waals surface area contributed by atoms with Crippen LogP contribution in [0.2, 0.25) is 0 Å². The Labute approximate surface area is 181 Å².